The van der Waals surface area contributed by atoms with Crippen LogP contribution in [0.4, 0.5) is 4.39 Å². The molecule has 3 heteroatoms. The number of hydrogen-bond donors (Lipinski definition) is 0. The van der Waals surface area contributed by atoms with Crippen molar-refractivity contribution in [1.29, 1.82) is 0 Å². The van der Waals surface area contributed by atoms with Gasteiger partial charge < -0.3 is 0 Å². The zero-order valence-corrected chi connectivity index (χ0v) is 10.5. The zero-order valence-electron chi connectivity index (χ0n) is 7.24. The first kappa shape index (κ1) is 11.1. The molecule has 1 aromatic carbocycles. The molecule has 0 N–H and O–H groups in total. The molecule has 72 valence electrons. The van der Waals surface area contributed by atoms with Crippen molar-refractivity contribution in [2.24, 2.45) is 5.92 Å². The van der Waals surface area contributed by atoms with Gasteiger partial charge in [-0.05, 0) is 0 Å². The summed E-state index contributed by atoms with van der Waals surface area (Å²) >= 11 is 1.72. The first-order valence-corrected chi connectivity index (χ1v) is 5.68. The Balaban J connectivity index is 0.000000845. The maximum atomic E-state index is 12.8. The van der Waals surface area contributed by atoms with E-state index in [1.165, 1.54) is 24.5 Å². The molecule has 2 rings (SSSR count). The SMILES string of the molecule is Cl.Fc1cccc([C@@H]([AsH2])C2CC2)c1. The van der Waals surface area contributed by atoms with Gasteiger partial charge >= 0.3 is 80.4 Å². The summed E-state index contributed by atoms with van der Waals surface area (Å²) in [6.45, 7) is 0. The third-order valence-electron chi connectivity index (χ3n) is 2.36. The molecule has 13 heavy (non-hydrogen) atoms. The summed E-state index contributed by atoms with van der Waals surface area (Å²) in [4.78, 5) is 0. The van der Waals surface area contributed by atoms with Gasteiger partial charge in [0.25, 0.3) is 0 Å². The molecule has 2 atom stereocenters. The molecule has 0 nitrogen and oxygen atoms in total. The predicted molar refractivity (Wildman–Crippen MR) is 57.7 cm³/mol. The molecule has 1 aliphatic rings. The van der Waals surface area contributed by atoms with Gasteiger partial charge in [0.15, 0.2) is 0 Å². The Hall–Kier alpha value is -0.00156. The maximum absolute atomic E-state index is 12.8. The summed E-state index contributed by atoms with van der Waals surface area (Å²) in [5.74, 6) is 0.739. The number of halogens is 2. The third-order valence-corrected chi connectivity index (χ3v) is 4.31. The van der Waals surface area contributed by atoms with E-state index in [4.69, 9.17) is 0 Å². The van der Waals surface area contributed by atoms with Crippen LogP contribution in [0, 0.1) is 11.7 Å². The van der Waals surface area contributed by atoms with Crippen LogP contribution in [0.5, 0.6) is 0 Å². The molecule has 1 aliphatic carbocycles. The van der Waals surface area contributed by atoms with Crippen LogP contribution in [-0.4, -0.2) is 16.9 Å². The molecule has 0 aromatic heterocycles. The molecule has 0 radical (unpaired) electrons. The van der Waals surface area contributed by atoms with Crippen LogP contribution < -0.4 is 0 Å². The Kier molecular flexibility index (Phi) is 3.82. The van der Waals surface area contributed by atoms with Crippen LogP contribution >= 0.6 is 12.4 Å². The van der Waals surface area contributed by atoms with E-state index >= 15 is 0 Å². The standard InChI is InChI=1S/C10H12AsF.ClH/c11-10(7-4-5-7)8-2-1-3-9(12)6-8;/h1-3,6-7,10H,4-5,11H2;1H/t10-;/m0./s1. The quantitative estimate of drug-likeness (QED) is 0.718. The van der Waals surface area contributed by atoms with Gasteiger partial charge in [0.1, 0.15) is 0 Å². The van der Waals surface area contributed by atoms with Gasteiger partial charge in [0, 0.05) is 0 Å². The van der Waals surface area contributed by atoms with Crippen molar-refractivity contribution in [3.8, 4) is 0 Å². The van der Waals surface area contributed by atoms with Gasteiger partial charge in [-0.2, -0.15) is 0 Å². The summed E-state index contributed by atoms with van der Waals surface area (Å²) in [6, 6.07) is 7.02. The summed E-state index contributed by atoms with van der Waals surface area (Å²) in [5, 5.41) is 0. The molecule has 1 aromatic rings. The minimum absolute atomic E-state index is 0. The van der Waals surface area contributed by atoms with Gasteiger partial charge in [-0.3, -0.25) is 0 Å². The first-order valence-electron chi connectivity index (χ1n) is 4.28. The Morgan fingerprint density at radius 2 is 2.08 bits per heavy atom. The molecule has 0 spiro atoms. The molecule has 0 heterocycles. The minimum atomic E-state index is -0.101. The fraction of sp³-hybridized carbons (Fsp3) is 0.400. The summed E-state index contributed by atoms with van der Waals surface area (Å²) in [5.41, 5.74) is 1.18. The fourth-order valence-electron chi connectivity index (χ4n) is 1.44. The van der Waals surface area contributed by atoms with E-state index in [2.05, 4.69) is 0 Å². The van der Waals surface area contributed by atoms with Crippen molar-refractivity contribution >= 4 is 29.3 Å². The monoisotopic (exact) mass is 262 g/mol. The Bertz CT molecular complexity index is 286. The predicted octanol–water partition coefficient (Wildman–Crippen LogP) is 2.33. The molecule has 0 amide bonds. The molecule has 0 bridgehead atoms. The van der Waals surface area contributed by atoms with Gasteiger partial charge in [-0.15, -0.1) is 12.4 Å². The number of rotatable bonds is 2. The second kappa shape index (κ2) is 4.48. The molecule has 1 saturated carbocycles. The average Bonchev–Trinajstić information content (AvgIpc) is 2.85. The molecule has 1 fully saturated rings. The van der Waals surface area contributed by atoms with E-state index in [0.717, 1.165) is 5.92 Å². The fourth-order valence-corrected chi connectivity index (χ4v) is 2.68. The van der Waals surface area contributed by atoms with Gasteiger partial charge in [-0.1, -0.05) is 0 Å². The van der Waals surface area contributed by atoms with E-state index in [1.807, 2.05) is 6.07 Å². The summed E-state index contributed by atoms with van der Waals surface area (Å²) in [7, 11) is 0. The Labute approximate surface area is 92.8 Å². The van der Waals surface area contributed by atoms with Crippen molar-refractivity contribution in [1.82, 2.24) is 0 Å². The van der Waals surface area contributed by atoms with Crippen molar-refractivity contribution in [3.63, 3.8) is 0 Å². The van der Waals surface area contributed by atoms with Crippen molar-refractivity contribution in [2.75, 3.05) is 0 Å². The normalized spacial score (nSPS) is 17.7. The van der Waals surface area contributed by atoms with E-state index in [9.17, 15) is 4.39 Å². The van der Waals surface area contributed by atoms with Gasteiger partial charge in [0.2, 0.25) is 0 Å². The number of benzene rings is 1. The molecular formula is C10H13AsClF. The van der Waals surface area contributed by atoms with Crippen molar-refractivity contribution < 1.29 is 4.39 Å². The van der Waals surface area contributed by atoms with E-state index in [1.54, 1.807) is 29.0 Å². The van der Waals surface area contributed by atoms with E-state index < -0.39 is 0 Å². The Morgan fingerprint density at radius 1 is 1.38 bits per heavy atom. The van der Waals surface area contributed by atoms with E-state index in [-0.39, 0.29) is 18.2 Å². The second-order valence-electron chi connectivity index (χ2n) is 3.42. The van der Waals surface area contributed by atoms with Gasteiger partial charge in [0.05, 0.1) is 0 Å². The van der Waals surface area contributed by atoms with Crippen LogP contribution in [0.1, 0.15) is 23.1 Å². The van der Waals surface area contributed by atoms with Crippen LogP contribution in [0.2, 0.25) is 0 Å². The number of hydrogen-bond acceptors (Lipinski definition) is 0. The van der Waals surface area contributed by atoms with Crippen molar-refractivity contribution in [3.05, 3.63) is 35.6 Å². The summed E-state index contributed by atoms with van der Waals surface area (Å²) in [6.07, 6.45) is 2.67. The third kappa shape index (κ3) is 2.72. The van der Waals surface area contributed by atoms with Crippen LogP contribution in [0.3, 0.4) is 0 Å². The van der Waals surface area contributed by atoms with Crippen LogP contribution in [0.25, 0.3) is 0 Å². The van der Waals surface area contributed by atoms with Gasteiger partial charge in [-0.25, -0.2) is 0 Å². The van der Waals surface area contributed by atoms with Crippen molar-refractivity contribution in [2.45, 2.75) is 17.5 Å². The summed E-state index contributed by atoms with van der Waals surface area (Å²) < 4.78 is 13.4. The van der Waals surface area contributed by atoms with Crippen LogP contribution in [0.15, 0.2) is 24.3 Å². The zero-order chi connectivity index (χ0) is 8.55. The Morgan fingerprint density at radius 3 is 2.62 bits per heavy atom. The van der Waals surface area contributed by atoms with E-state index in [0.29, 0.717) is 4.71 Å². The molecular weight excluding hydrogens is 249 g/mol. The van der Waals surface area contributed by atoms with Crippen LogP contribution in [-0.2, 0) is 0 Å². The molecule has 1 unspecified atom stereocenters. The first-order chi connectivity index (χ1) is 5.77. The molecule has 0 aliphatic heterocycles. The second-order valence-corrected chi connectivity index (χ2v) is 4.93. The molecule has 0 saturated heterocycles. The average molecular weight is 263 g/mol. The topological polar surface area (TPSA) is 0 Å².